The van der Waals surface area contributed by atoms with Crippen LogP contribution in [0.1, 0.15) is 5.56 Å². The number of fused-ring (bicyclic) bond motifs is 1. The standard InChI is InChI=1S/C15H14ClNO2S2/c16-13-8-11(17)5-6-15(13)21(18,19)9-12-7-10-3-1-2-4-14(10)20-12/h1-6,8,12H,7,9,17H2. The Kier molecular flexibility index (Phi) is 3.90. The summed E-state index contributed by atoms with van der Waals surface area (Å²) in [5.74, 6) is 0.0793. The maximum absolute atomic E-state index is 12.5. The third-order valence-corrected chi connectivity index (χ3v) is 7.23. The van der Waals surface area contributed by atoms with Crippen LogP contribution in [0.2, 0.25) is 5.02 Å². The van der Waals surface area contributed by atoms with Crippen molar-refractivity contribution < 1.29 is 8.42 Å². The zero-order valence-electron chi connectivity index (χ0n) is 11.1. The highest BCUT2D eigenvalue weighted by molar-refractivity contribution is 8.01. The molecule has 1 aliphatic heterocycles. The number of nitrogens with two attached hydrogens (primary N) is 1. The fourth-order valence-electron chi connectivity index (χ4n) is 2.45. The topological polar surface area (TPSA) is 60.2 Å². The summed E-state index contributed by atoms with van der Waals surface area (Å²) in [6.07, 6.45) is 0.770. The number of anilines is 1. The lowest BCUT2D eigenvalue weighted by atomic mass is 10.1. The third kappa shape index (κ3) is 3.05. The van der Waals surface area contributed by atoms with Gasteiger partial charge in [-0.2, -0.15) is 0 Å². The van der Waals surface area contributed by atoms with Gasteiger partial charge in [-0.3, -0.25) is 0 Å². The van der Waals surface area contributed by atoms with Gasteiger partial charge in [-0.25, -0.2) is 8.42 Å². The van der Waals surface area contributed by atoms with Gasteiger partial charge in [-0.05, 0) is 36.2 Å². The Morgan fingerprint density at radius 3 is 2.71 bits per heavy atom. The molecule has 6 heteroatoms. The van der Waals surface area contributed by atoms with Gasteiger partial charge in [-0.1, -0.05) is 29.8 Å². The largest absolute Gasteiger partial charge is 0.399 e. The number of thioether (sulfide) groups is 1. The first-order valence-corrected chi connectivity index (χ1v) is 9.39. The van der Waals surface area contributed by atoms with Crippen LogP contribution in [0.4, 0.5) is 5.69 Å². The van der Waals surface area contributed by atoms with Gasteiger partial charge in [0.05, 0.1) is 15.7 Å². The van der Waals surface area contributed by atoms with Crippen molar-refractivity contribution in [2.45, 2.75) is 21.5 Å². The quantitative estimate of drug-likeness (QED) is 0.870. The molecule has 0 amide bonds. The summed E-state index contributed by atoms with van der Waals surface area (Å²) < 4.78 is 25.1. The molecule has 0 aromatic heterocycles. The van der Waals surface area contributed by atoms with E-state index in [-0.39, 0.29) is 20.9 Å². The molecule has 0 saturated heterocycles. The number of nitrogen functional groups attached to an aromatic ring is 1. The predicted molar refractivity (Wildman–Crippen MR) is 87.7 cm³/mol. The molecular formula is C15H14ClNO2S2. The molecule has 3 nitrogen and oxygen atoms in total. The summed E-state index contributed by atoms with van der Waals surface area (Å²) in [5.41, 5.74) is 7.28. The highest BCUT2D eigenvalue weighted by atomic mass is 35.5. The van der Waals surface area contributed by atoms with Crippen LogP contribution in [0.3, 0.4) is 0 Å². The van der Waals surface area contributed by atoms with Crippen molar-refractivity contribution in [1.82, 2.24) is 0 Å². The molecule has 110 valence electrons. The Hall–Kier alpha value is -1.17. The first-order chi connectivity index (χ1) is 9.95. The molecule has 21 heavy (non-hydrogen) atoms. The lowest BCUT2D eigenvalue weighted by Crippen LogP contribution is -2.18. The minimum atomic E-state index is -3.42. The number of sulfone groups is 1. The van der Waals surface area contributed by atoms with Crippen molar-refractivity contribution in [3.63, 3.8) is 0 Å². The van der Waals surface area contributed by atoms with Gasteiger partial charge in [0.15, 0.2) is 9.84 Å². The Labute approximate surface area is 133 Å². The first-order valence-electron chi connectivity index (χ1n) is 6.48. The molecular weight excluding hydrogens is 326 g/mol. The molecule has 0 saturated carbocycles. The van der Waals surface area contributed by atoms with Crippen LogP contribution in [-0.4, -0.2) is 19.4 Å². The van der Waals surface area contributed by atoms with E-state index in [2.05, 4.69) is 0 Å². The van der Waals surface area contributed by atoms with Crippen molar-refractivity contribution in [2.75, 3.05) is 11.5 Å². The van der Waals surface area contributed by atoms with Gasteiger partial charge >= 0.3 is 0 Å². The molecule has 3 rings (SSSR count). The van der Waals surface area contributed by atoms with E-state index in [0.29, 0.717) is 5.69 Å². The summed E-state index contributed by atoms with van der Waals surface area (Å²) in [5, 5.41) is 0.219. The third-order valence-electron chi connectivity index (χ3n) is 3.41. The lowest BCUT2D eigenvalue weighted by Gasteiger charge is -2.11. The second kappa shape index (κ2) is 5.55. The summed E-state index contributed by atoms with van der Waals surface area (Å²) in [6.45, 7) is 0. The number of hydrogen-bond donors (Lipinski definition) is 1. The summed E-state index contributed by atoms with van der Waals surface area (Å²) >= 11 is 7.64. The van der Waals surface area contributed by atoms with Crippen molar-refractivity contribution in [2.24, 2.45) is 0 Å². The molecule has 2 N–H and O–H groups in total. The zero-order chi connectivity index (χ0) is 15.0. The van der Waals surface area contributed by atoms with Crippen LogP contribution in [0.15, 0.2) is 52.3 Å². The highest BCUT2D eigenvalue weighted by Gasteiger charge is 2.29. The van der Waals surface area contributed by atoms with Crippen molar-refractivity contribution >= 4 is 38.9 Å². The minimum Gasteiger partial charge on any atom is -0.399 e. The van der Waals surface area contributed by atoms with E-state index < -0.39 is 9.84 Å². The molecule has 2 aromatic carbocycles. The molecule has 0 radical (unpaired) electrons. The Balaban J connectivity index is 1.82. The fraction of sp³-hybridized carbons (Fsp3) is 0.200. The smallest absolute Gasteiger partial charge is 0.180 e. The number of benzene rings is 2. The van der Waals surface area contributed by atoms with Crippen molar-refractivity contribution in [1.29, 1.82) is 0 Å². The maximum Gasteiger partial charge on any atom is 0.180 e. The van der Waals surface area contributed by atoms with Gasteiger partial charge in [0.2, 0.25) is 0 Å². The van der Waals surface area contributed by atoms with Gasteiger partial charge in [0.25, 0.3) is 0 Å². The molecule has 1 aliphatic rings. The van der Waals surface area contributed by atoms with Crippen LogP contribution in [0.25, 0.3) is 0 Å². The predicted octanol–water partition coefficient (Wildman–Crippen LogP) is 3.41. The average molecular weight is 340 g/mol. The van der Waals surface area contributed by atoms with E-state index in [1.54, 1.807) is 17.8 Å². The first kappa shape index (κ1) is 14.8. The molecule has 1 atom stereocenters. The van der Waals surface area contributed by atoms with Crippen LogP contribution in [0, 0.1) is 0 Å². The average Bonchev–Trinajstić information content (AvgIpc) is 2.79. The molecule has 1 heterocycles. The maximum atomic E-state index is 12.5. The van der Waals surface area contributed by atoms with Gasteiger partial charge < -0.3 is 5.73 Å². The van der Waals surface area contributed by atoms with E-state index in [4.69, 9.17) is 17.3 Å². The monoisotopic (exact) mass is 339 g/mol. The molecule has 0 bridgehead atoms. The Morgan fingerprint density at radius 1 is 1.24 bits per heavy atom. The zero-order valence-corrected chi connectivity index (χ0v) is 13.5. The minimum absolute atomic E-state index is 0.0287. The number of hydrogen-bond acceptors (Lipinski definition) is 4. The number of halogens is 1. The van der Waals surface area contributed by atoms with Crippen molar-refractivity contribution in [3.05, 3.63) is 53.1 Å². The second-order valence-corrected chi connectivity index (χ2v) is 8.78. The number of rotatable bonds is 3. The summed E-state index contributed by atoms with van der Waals surface area (Å²) in [7, 11) is -3.42. The van der Waals surface area contributed by atoms with Gasteiger partial charge in [-0.15, -0.1) is 11.8 Å². The van der Waals surface area contributed by atoms with E-state index in [9.17, 15) is 8.42 Å². The molecule has 1 unspecified atom stereocenters. The van der Waals surface area contributed by atoms with E-state index in [1.807, 2.05) is 24.3 Å². The second-order valence-electron chi connectivity index (χ2n) is 5.02. The molecule has 2 aromatic rings. The van der Waals surface area contributed by atoms with Crippen molar-refractivity contribution in [3.8, 4) is 0 Å². The lowest BCUT2D eigenvalue weighted by molar-refractivity contribution is 0.594. The Bertz CT molecular complexity index is 765. The van der Waals surface area contributed by atoms with Crippen LogP contribution in [0.5, 0.6) is 0 Å². The molecule has 0 spiro atoms. The normalized spacial score (nSPS) is 17.7. The summed E-state index contributed by atoms with van der Waals surface area (Å²) in [4.78, 5) is 1.33. The van der Waals surface area contributed by atoms with Gasteiger partial charge in [0, 0.05) is 15.8 Å². The molecule has 0 fully saturated rings. The van der Waals surface area contributed by atoms with Crippen LogP contribution >= 0.6 is 23.4 Å². The van der Waals surface area contributed by atoms with E-state index in [0.717, 1.165) is 6.42 Å². The summed E-state index contributed by atoms with van der Waals surface area (Å²) in [6, 6.07) is 12.6. The van der Waals surface area contributed by atoms with E-state index in [1.165, 1.54) is 22.6 Å². The fourth-order valence-corrected chi connectivity index (χ4v) is 6.30. The SMILES string of the molecule is Nc1ccc(S(=O)(=O)CC2Cc3ccccc3S2)c(Cl)c1. The van der Waals surface area contributed by atoms with Crippen LogP contribution in [-0.2, 0) is 16.3 Å². The Morgan fingerprint density at radius 2 is 2.00 bits per heavy atom. The van der Waals surface area contributed by atoms with E-state index >= 15 is 0 Å². The highest BCUT2D eigenvalue weighted by Crippen LogP contribution is 2.38. The van der Waals surface area contributed by atoms with Gasteiger partial charge in [0.1, 0.15) is 0 Å². The van der Waals surface area contributed by atoms with Crippen LogP contribution < -0.4 is 5.73 Å². The molecule has 0 aliphatic carbocycles.